The first-order valence-corrected chi connectivity index (χ1v) is 6.96. The van der Waals surface area contributed by atoms with E-state index in [1.165, 1.54) is 0 Å². The highest BCUT2D eigenvalue weighted by atomic mass is 32.1. The molecule has 5 nitrogen and oxygen atoms in total. The molecular formula is C15H16N4OS. The van der Waals surface area contributed by atoms with E-state index in [0.717, 1.165) is 5.56 Å². The summed E-state index contributed by atoms with van der Waals surface area (Å²) in [4.78, 5) is 12.7. The van der Waals surface area contributed by atoms with Crippen LogP contribution in [-0.4, -0.2) is 21.1 Å². The summed E-state index contributed by atoms with van der Waals surface area (Å²) in [6, 6.07) is 8.81. The molecule has 0 saturated heterocycles. The number of hydrogen-bond donors (Lipinski definition) is 2. The Labute approximate surface area is 128 Å². The lowest BCUT2D eigenvalue weighted by molar-refractivity contribution is 0.102. The van der Waals surface area contributed by atoms with E-state index in [9.17, 15) is 4.79 Å². The minimum absolute atomic E-state index is 0.201. The van der Waals surface area contributed by atoms with Crippen LogP contribution in [0.4, 0.5) is 5.69 Å². The molecule has 0 unspecified atom stereocenters. The molecule has 2 aromatic rings. The highest BCUT2D eigenvalue weighted by Crippen LogP contribution is 2.13. The highest BCUT2D eigenvalue weighted by molar-refractivity contribution is 7.80. The number of hydrogen-bond acceptors (Lipinski definition) is 4. The fourth-order valence-electron chi connectivity index (χ4n) is 1.89. The Kier molecular flexibility index (Phi) is 4.59. The smallest absolute Gasteiger partial charge is 0.257 e. The predicted molar refractivity (Wildman–Crippen MR) is 86.4 cm³/mol. The van der Waals surface area contributed by atoms with Gasteiger partial charge in [-0.15, -0.1) is 0 Å². The van der Waals surface area contributed by atoms with Crippen molar-refractivity contribution in [3.05, 3.63) is 52.8 Å². The first-order chi connectivity index (χ1) is 10.0. The van der Waals surface area contributed by atoms with Crippen LogP contribution >= 0.6 is 12.2 Å². The molecule has 0 aliphatic heterocycles. The van der Waals surface area contributed by atoms with Crippen LogP contribution in [0.5, 0.6) is 0 Å². The van der Waals surface area contributed by atoms with Crippen molar-refractivity contribution in [2.75, 3.05) is 5.32 Å². The summed E-state index contributed by atoms with van der Waals surface area (Å²) in [5.41, 5.74) is 8.91. The molecule has 1 aromatic carbocycles. The number of benzene rings is 1. The van der Waals surface area contributed by atoms with Crippen molar-refractivity contribution in [2.24, 2.45) is 5.73 Å². The van der Waals surface area contributed by atoms with E-state index >= 15 is 0 Å². The Morgan fingerprint density at radius 1 is 1.29 bits per heavy atom. The lowest BCUT2D eigenvalue weighted by Gasteiger charge is -2.09. The Morgan fingerprint density at radius 2 is 1.95 bits per heavy atom. The van der Waals surface area contributed by atoms with E-state index in [-0.39, 0.29) is 5.91 Å². The molecule has 0 spiro atoms. The van der Waals surface area contributed by atoms with Crippen LogP contribution in [-0.2, 0) is 6.42 Å². The predicted octanol–water partition coefficient (Wildman–Crippen LogP) is 2.23. The number of aryl methyl sites for hydroxylation is 2. The number of carbonyl (C=O) groups excluding carboxylic acids is 1. The Bertz CT molecular complexity index is 683. The number of anilines is 1. The van der Waals surface area contributed by atoms with Crippen LogP contribution in [0, 0.1) is 6.92 Å². The summed E-state index contributed by atoms with van der Waals surface area (Å²) >= 11 is 4.89. The maximum absolute atomic E-state index is 12.3. The van der Waals surface area contributed by atoms with Crippen molar-refractivity contribution in [3.8, 4) is 0 Å². The number of nitrogens with one attached hydrogen (secondary N) is 1. The first-order valence-electron chi connectivity index (χ1n) is 6.55. The van der Waals surface area contributed by atoms with Crippen LogP contribution in [0.15, 0.2) is 30.3 Å². The SMILES string of the molecule is CCc1nnc(C)cc1C(=O)Nc1ccc(C(N)=S)cc1. The molecule has 2 rings (SSSR count). The fraction of sp³-hybridized carbons (Fsp3) is 0.200. The second-order valence-corrected chi connectivity index (χ2v) is 5.04. The molecule has 0 radical (unpaired) electrons. The molecular weight excluding hydrogens is 284 g/mol. The van der Waals surface area contributed by atoms with Crippen molar-refractivity contribution < 1.29 is 4.79 Å². The van der Waals surface area contributed by atoms with Gasteiger partial charge in [-0.3, -0.25) is 4.79 Å². The zero-order valence-electron chi connectivity index (χ0n) is 11.9. The van der Waals surface area contributed by atoms with Gasteiger partial charge in [0.25, 0.3) is 5.91 Å². The van der Waals surface area contributed by atoms with Crippen LogP contribution in [0.1, 0.15) is 34.2 Å². The van der Waals surface area contributed by atoms with Crippen LogP contribution in [0.2, 0.25) is 0 Å². The molecule has 1 amide bonds. The standard InChI is InChI=1S/C15H16N4OS/c1-3-13-12(8-9(2)18-19-13)15(20)17-11-6-4-10(5-7-11)14(16)21/h4-8H,3H2,1-2H3,(H2,16,21)(H,17,20). The highest BCUT2D eigenvalue weighted by Gasteiger charge is 2.13. The molecule has 108 valence electrons. The molecule has 0 atom stereocenters. The molecule has 3 N–H and O–H groups in total. The Morgan fingerprint density at radius 3 is 2.52 bits per heavy atom. The normalized spacial score (nSPS) is 10.2. The van der Waals surface area contributed by atoms with Crippen molar-refractivity contribution in [2.45, 2.75) is 20.3 Å². The zero-order chi connectivity index (χ0) is 15.4. The maximum atomic E-state index is 12.3. The van der Waals surface area contributed by atoms with Gasteiger partial charge in [-0.25, -0.2) is 0 Å². The second kappa shape index (κ2) is 6.41. The Balaban J connectivity index is 2.21. The molecule has 0 bridgehead atoms. The third-order valence-corrected chi connectivity index (χ3v) is 3.24. The summed E-state index contributed by atoms with van der Waals surface area (Å²) in [7, 11) is 0. The van der Waals surface area contributed by atoms with E-state index in [2.05, 4.69) is 15.5 Å². The molecule has 0 saturated carbocycles. The number of thiocarbonyl (C=S) groups is 1. The summed E-state index contributed by atoms with van der Waals surface area (Å²) < 4.78 is 0. The fourth-order valence-corrected chi connectivity index (χ4v) is 2.02. The third-order valence-electron chi connectivity index (χ3n) is 3.00. The van der Waals surface area contributed by atoms with Crippen LogP contribution in [0.3, 0.4) is 0 Å². The van der Waals surface area contributed by atoms with Gasteiger partial charge >= 0.3 is 0 Å². The molecule has 1 heterocycles. The number of aromatic nitrogens is 2. The van der Waals surface area contributed by atoms with E-state index in [4.69, 9.17) is 18.0 Å². The van der Waals surface area contributed by atoms with Crippen LogP contribution in [0.25, 0.3) is 0 Å². The van der Waals surface area contributed by atoms with E-state index < -0.39 is 0 Å². The van der Waals surface area contributed by atoms with Crippen LogP contribution < -0.4 is 11.1 Å². The first kappa shape index (κ1) is 15.1. The van der Waals surface area contributed by atoms with Gasteiger partial charge in [0.05, 0.1) is 17.0 Å². The average molecular weight is 300 g/mol. The van der Waals surface area contributed by atoms with Crippen molar-refractivity contribution in [1.82, 2.24) is 10.2 Å². The number of nitrogens with zero attached hydrogens (tertiary/aromatic N) is 2. The third kappa shape index (κ3) is 3.61. The number of carbonyl (C=O) groups is 1. The van der Waals surface area contributed by atoms with Gasteiger partial charge in [0.15, 0.2) is 0 Å². The van der Waals surface area contributed by atoms with Crippen molar-refractivity contribution >= 4 is 28.8 Å². The van der Waals surface area contributed by atoms with Crippen molar-refractivity contribution in [1.29, 1.82) is 0 Å². The lowest BCUT2D eigenvalue weighted by Crippen LogP contribution is -2.16. The topological polar surface area (TPSA) is 80.9 Å². The van der Waals surface area contributed by atoms with Gasteiger partial charge < -0.3 is 11.1 Å². The minimum atomic E-state index is -0.201. The monoisotopic (exact) mass is 300 g/mol. The minimum Gasteiger partial charge on any atom is -0.389 e. The van der Waals surface area contributed by atoms with Gasteiger partial charge in [0.2, 0.25) is 0 Å². The lowest BCUT2D eigenvalue weighted by atomic mass is 10.1. The zero-order valence-corrected chi connectivity index (χ0v) is 12.7. The molecule has 0 aliphatic rings. The summed E-state index contributed by atoms with van der Waals surface area (Å²) in [5.74, 6) is -0.201. The summed E-state index contributed by atoms with van der Waals surface area (Å²) in [6.45, 7) is 3.74. The maximum Gasteiger partial charge on any atom is 0.257 e. The molecule has 1 aromatic heterocycles. The largest absolute Gasteiger partial charge is 0.389 e. The molecule has 6 heteroatoms. The van der Waals surface area contributed by atoms with E-state index in [0.29, 0.717) is 34.0 Å². The summed E-state index contributed by atoms with van der Waals surface area (Å²) in [6.07, 6.45) is 0.649. The van der Waals surface area contributed by atoms with Gasteiger partial charge in [-0.2, -0.15) is 10.2 Å². The van der Waals surface area contributed by atoms with Gasteiger partial charge in [0.1, 0.15) is 4.99 Å². The van der Waals surface area contributed by atoms with E-state index in [1.54, 1.807) is 37.3 Å². The quantitative estimate of drug-likeness (QED) is 0.846. The number of amides is 1. The Hall–Kier alpha value is -2.34. The van der Waals surface area contributed by atoms with Crippen molar-refractivity contribution in [3.63, 3.8) is 0 Å². The second-order valence-electron chi connectivity index (χ2n) is 4.60. The summed E-state index contributed by atoms with van der Waals surface area (Å²) in [5, 5.41) is 10.9. The molecule has 21 heavy (non-hydrogen) atoms. The molecule has 0 aliphatic carbocycles. The van der Waals surface area contributed by atoms with Gasteiger partial charge in [-0.05, 0) is 43.7 Å². The molecule has 0 fully saturated rings. The number of nitrogens with two attached hydrogens (primary N) is 1. The number of rotatable bonds is 4. The van der Waals surface area contributed by atoms with Gasteiger partial charge in [-0.1, -0.05) is 19.1 Å². The average Bonchev–Trinajstić information content (AvgIpc) is 2.47. The van der Waals surface area contributed by atoms with Gasteiger partial charge in [0, 0.05) is 11.3 Å². The van der Waals surface area contributed by atoms with E-state index in [1.807, 2.05) is 6.92 Å².